The molecule has 4 nitrogen and oxygen atoms in total. The van der Waals surface area contributed by atoms with Crippen LogP contribution in [0.1, 0.15) is 26.2 Å². The lowest BCUT2D eigenvalue weighted by Crippen LogP contribution is -2.51. The number of hydrogen-bond acceptors (Lipinski definition) is 3. The van der Waals surface area contributed by atoms with E-state index in [1.807, 2.05) is 13.0 Å². The minimum absolute atomic E-state index is 0.0738. The van der Waals surface area contributed by atoms with Gasteiger partial charge in [-0.2, -0.15) is 5.26 Å². The van der Waals surface area contributed by atoms with Gasteiger partial charge in [0.05, 0.1) is 18.2 Å². The van der Waals surface area contributed by atoms with Crippen LogP contribution in [0.3, 0.4) is 0 Å². The van der Waals surface area contributed by atoms with E-state index in [1.165, 1.54) is 0 Å². The van der Waals surface area contributed by atoms with Gasteiger partial charge in [0.2, 0.25) is 5.91 Å². The lowest BCUT2D eigenvalue weighted by Gasteiger charge is -2.34. The summed E-state index contributed by atoms with van der Waals surface area (Å²) in [6.07, 6.45) is 1.81. The third-order valence-corrected chi connectivity index (χ3v) is 2.12. The summed E-state index contributed by atoms with van der Waals surface area (Å²) < 4.78 is 5.27. The molecule has 0 aliphatic carbocycles. The van der Waals surface area contributed by atoms with Crippen LogP contribution in [0.15, 0.2) is 0 Å². The van der Waals surface area contributed by atoms with Crippen molar-refractivity contribution in [2.24, 2.45) is 0 Å². The van der Waals surface area contributed by atoms with Crippen molar-refractivity contribution in [1.82, 2.24) is 5.32 Å². The van der Waals surface area contributed by atoms with Gasteiger partial charge in [0, 0.05) is 6.61 Å². The van der Waals surface area contributed by atoms with Crippen LogP contribution < -0.4 is 5.32 Å². The van der Waals surface area contributed by atoms with E-state index in [2.05, 4.69) is 5.32 Å². The second-order valence-corrected chi connectivity index (χ2v) is 3.60. The average Bonchev–Trinajstić information content (AvgIpc) is 2.04. The number of carbonyl (C=O) groups is 1. The van der Waals surface area contributed by atoms with Crippen molar-refractivity contribution in [2.45, 2.75) is 31.7 Å². The van der Waals surface area contributed by atoms with E-state index in [0.29, 0.717) is 6.61 Å². The summed E-state index contributed by atoms with van der Waals surface area (Å²) in [6, 6.07) is 1.82. The van der Waals surface area contributed by atoms with Gasteiger partial charge in [0.1, 0.15) is 6.42 Å². The van der Waals surface area contributed by atoms with Gasteiger partial charge in [-0.05, 0) is 19.8 Å². The Bertz CT molecular complexity index is 226. The van der Waals surface area contributed by atoms with Gasteiger partial charge in [0.15, 0.2) is 0 Å². The molecule has 1 N–H and O–H groups in total. The molecule has 1 rings (SSSR count). The first-order valence-electron chi connectivity index (χ1n) is 4.42. The van der Waals surface area contributed by atoms with Gasteiger partial charge >= 0.3 is 0 Å². The molecule has 1 unspecified atom stereocenters. The predicted octanol–water partition coefficient (Wildman–Crippen LogP) is 0.585. The molecule has 72 valence electrons. The number of carbonyl (C=O) groups excluding carboxylic acids is 1. The Morgan fingerprint density at radius 1 is 1.77 bits per heavy atom. The third kappa shape index (κ3) is 3.03. The Morgan fingerprint density at radius 3 is 3.08 bits per heavy atom. The highest BCUT2D eigenvalue weighted by molar-refractivity contribution is 5.78. The molecular weight excluding hydrogens is 168 g/mol. The van der Waals surface area contributed by atoms with Gasteiger partial charge < -0.3 is 10.1 Å². The Morgan fingerprint density at radius 2 is 2.54 bits per heavy atom. The van der Waals surface area contributed by atoms with Crippen LogP contribution in [-0.2, 0) is 9.53 Å². The van der Waals surface area contributed by atoms with Crippen molar-refractivity contribution in [3.8, 4) is 6.07 Å². The number of rotatable bonds is 2. The summed E-state index contributed by atoms with van der Waals surface area (Å²) in [5.41, 5.74) is -0.272. The molecule has 0 saturated carbocycles. The molecule has 1 heterocycles. The highest BCUT2D eigenvalue weighted by atomic mass is 16.5. The standard InChI is InChI=1S/C9H14N2O2/c1-9(4-2-6-13-7-9)11-8(12)3-5-10/h2-4,6-7H2,1H3,(H,11,12). The second-order valence-electron chi connectivity index (χ2n) is 3.60. The van der Waals surface area contributed by atoms with E-state index in [9.17, 15) is 4.79 Å². The first-order valence-corrected chi connectivity index (χ1v) is 4.42. The van der Waals surface area contributed by atoms with Crippen molar-refractivity contribution in [3.05, 3.63) is 0 Å². The molecule has 1 aliphatic heterocycles. The topological polar surface area (TPSA) is 62.1 Å². The number of hydrogen-bond donors (Lipinski definition) is 1. The molecule has 0 radical (unpaired) electrons. The Balaban J connectivity index is 2.41. The zero-order valence-corrected chi connectivity index (χ0v) is 7.80. The van der Waals surface area contributed by atoms with Crippen LogP contribution >= 0.6 is 0 Å². The van der Waals surface area contributed by atoms with Crippen LogP contribution in [-0.4, -0.2) is 24.7 Å². The average molecular weight is 182 g/mol. The molecule has 4 heteroatoms. The van der Waals surface area contributed by atoms with Crippen molar-refractivity contribution in [2.75, 3.05) is 13.2 Å². The quantitative estimate of drug-likeness (QED) is 0.679. The zero-order chi connectivity index (χ0) is 9.73. The van der Waals surface area contributed by atoms with Gasteiger partial charge in [-0.25, -0.2) is 0 Å². The van der Waals surface area contributed by atoms with Gasteiger partial charge in [-0.1, -0.05) is 0 Å². The van der Waals surface area contributed by atoms with E-state index in [-0.39, 0.29) is 17.9 Å². The van der Waals surface area contributed by atoms with Gasteiger partial charge in [0.25, 0.3) is 0 Å². The second kappa shape index (κ2) is 4.24. The predicted molar refractivity (Wildman–Crippen MR) is 46.8 cm³/mol. The number of nitriles is 1. The van der Waals surface area contributed by atoms with Crippen molar-refractivity contribution >= 4 is 5.91 Å². The Labute approximate surface area is 77.9 Å². The van der Waals surface area contributed by atoms with Crippen molar-refractivity contribution < 1.29 is 9.53 Å². The monoisotopic (exact) mass is 182 g/mol. The third-order valence-electron chi connectivity index (χ3n) is 2.12. The molecule has 0 aromatic heterocycles. The smallest absolute Gasteiger partial charge is 0.234 e. The summed E-state index contributed by atoms with van der Waals surface area (Å²) in [6.45, 7) is 3.26. The van der Waals surface area contributed by atoms with E-state index < -0.39 is 0 Å². The number of nitrogens with zero attached hydrogens (tertiary/aromatic N) is 1. The Kier molecular flexibility index (Phi) is 3.26. The molecule has 1 aliphatic rings. The molecule has 1 amide bonds. The molecule has 0 spiro atoms. The summed E-state index contributed by atoms with van der Waals surface area (Å²) in [7, 11) is 0. The van der Waals surface area contributed by atoms with Crippen LogP contribution in [0.25, 0.3) is 0 Å². The lowest BCUT2D eigenvalue weighted by atomic mass is 9.95. The lowest BCUT2D eigenvalue weighted by molar-refractivity contribution is -0.123. The van der Waals surface area contributed by atoms with Gasteiger partial charge in [-0.15, -0.1) is 0 Å². The highest BCUT2D eigenvalue weighted by Crippen LogP contribution is 2.18. The number of amides is 1. The van der Waals surface area contributed by atoms with E-state index >= 15 is 0 Å². The molecule has 0 aromatic rings. The molecule has 0 bridgehead atoms. The molecule has 13 heavy (non-hydrogen) atoms. The van der Waals surface area contributed by atoms with Gasteiger partial charge in [-0.3, -0.25) is 4.79 Å². The van der Waals surface area contributed by atoms with Crippen LogP contribution in [0.2, 0.25) is 0 Å². The number of nitrogens with one attached hydrogen (secondary N) is 1. The first kappa shape index (κ1) is 10.0. The van der Waals surface area contributed by atoms with Crippen LogP contribution in [0, 0.1) is 11.3 Å². The summed E-state index contributed by atoms with van der Waals surface area (Å²) in [4.78, 5) is 11.1. The normalized spacial score (nSPS) is 27.7. The summed E-state index contributed by atoms with van der Waals surface area (Å²) >= 11 is 0. The summed E-state index contributed by atoms with van der Waals surface area (Å²) in [5, 5.41) is 11.1. The molecule has 0 aromatic carbocycles. The fraction of sp³-hybridized carbons (Fsp3) is 0.778. The maximum absolute atomic E-state index is 11.1. The summed E-state index contributed by atoms with van der Waals surface area (Å²) in [5.74, 6) is -0.212. The maximum atomic E-state index is 11.1. The molecule has 1 saturated heterocycles. The van der Waals surface area contributed by atoms with Crippen LogP contribution in [0.4, 0.5) is 0 Å². The largest absolute Gasteiger partial charge is 0.379 e. The van der Waals surface area contributed by atoms with Crippen molar-refractivity contribution in [3.63, 3.8) is 0 Å². The van der Waals surface area contributed by atoms with E-state index in [0.717, 1.165) is 19.4 Å². The maximum Gasteiger partial charge on any atom is 0.234 e. The minimum atomic E-state index is -0.272. The molecule has 1 fully saturated rings. The fourth-order valence-electron chi connectivity index (χ4n) is 1.49. The fourth-order valence-corrected chi connectivity index (χ4v) is 1.49. The molecular formula is C9H14N2O2. The first-order chi connectivity index (χ1) is 6.16. The van der Waals surface area contributed by atoms with E-state index in [4.69, 9.17) is 10.00 Å². The number of ether oxygens (including phenoxy) is 1. The molecule has 1 atom stereocenters. The van der Waals surface area contributed by atoms with Crippen molar-refractivity contribution in [1.29, 1.82) is 5.26 Å². The SMILES string of the molecule is CC1(NC(=O)CC#N)CCCOC1. The van der Waals surface area contributed by atoms with E-state index in [1.54, 1.807) is 0 Å². The minimum Gasteiger partial charge on any atom is -0.379 e. The Hall–Kier alpha value is -1.08. The highest BCUT2D eigenvalue weighted by Gasteiger charge is 2.28. The zero-order valence-electron chi connectivity index (χ0n) is 7.80. The van der Waals surface area contributed by atoms with Crippen LogP contribution in [0.5, 0.6) is 0 Å².